The molecule has 0 unspecified atom stereocenters. The van der Waals surface area contributed by atoms with E-state index in [1.165, 1.54) is 167 Å². The maximum absolute atomic E-state index is 13.2. The van der Waals surface area contributed by atoms with Crippen LogP contribution in [-0.4, -0.2) is 25.2 Å². The number of ether oxygens (including phenoxy) is 4. The van der Waals surface area contributed by atoms with Gasteiger partial charge in [-0.15, -0.1) is 0 Å². The highest BCUT2D eigenvalue weighted by Gasteiger charge is 2.20. The SMILES string of the molecule is CCCCCCCCCCCCCCCCOc1ccc(OC(=O)c2ccccc2C(=O)Oc2ccc(OCCCCCCCCCCCCCCCC)cc2)cc1. The predicted molar refractivity (Wildman–Crippen MR) is 241 cm³/mol. The van der Waals surface area contributed by atoms with Crippen LogP contribution in [0.4, 0.5) is 0 Å². The molecule has 0 aliphatic rings. The minimum absolute atomic E-state index is 0.138. The highest BCUT2D eigenvalue weighted by molar-refractivity contribution is 6.04. The molecule has 6 nitrogen and oxygen atoms in total. The Balaban J connectivity index is 1.25. The van der Waals surface area contributed by atoms with Crippen molar-refractivity contribution in [3.63, 3.8) is 0 Å². The minimum atomic E-state index is -0.629. The Kier molecular flexibility index (Phi) is 27.7. The molecule has 6 heteroatoms. The van der Waals surface area contributed by atoms with E-state index in [1.807, 2.05) is 0 Å². The zero-order valence-electron chi connectivity index (χ0n) is 36.6. The van der Waals surface area contributed by atoms with Gasteiger partial charge in [0.15, 0.2) is 0 Å². The van der Waals surface area contributed by atoms with E-state index in [1.54, 1.807) is 72.8 Å². The van der Waals surface area contributed by atoms with Gasteiger partial charge in [-0.05, 0) is 73.5 Å². The first-order chi connectivity index (χ1) is 28.6. The van der Waals surface area contributed by atoms with Gasteiger partial charge >= 0.3 is 11.9 Å². The summed E-state index contributed by atoms with van der Waals surface area (Å²) >= 11 is 0. The van der Waals surface area contributed by atoms with E-state index < -0.39 is 11.9 Å². The van der Waals surface area contributed by atoms with Crippen LogP contribution in [0.5, 0.6) is 23.0 Å². The molecular weight excluding hydrogens is 721 g/mol. The van der Waals surface area contributed by atoms with Gasteiger partial charge in [0.25, 0.3) is 0 Å². The van der Waals surface area contributed by atoms with Gasteiger partial charge < -0.3 is 18.9 Å². The first-order valence-electron chi connectivity index (χ1n) is 23.6. The summed E-state index contributed by atoms with van der Waals surface area (Å²) in [7, 11) is 0. The molecule has 322 valence electrons. The number of benzene rings is 3. The number of carbonyl (C=O) groups excluding carboxylic acids is 2. The highest BCUT2D eigenvalue weighted by atomic mass is 16.5. The lowest BCUT2D eigenvalue weighted by atomic mass is 10.0. The molecule has 0 N–H and O–H groups in total. The molecule has 0 aliphatic carbocycles. The van der Waals surface area contributed by atoms with E-state index >= 15 is 0 Å². The van der Waals surface area contributed by atoms with Gasteiger partial charge in [0.2, 0.25) is 0 Å². The predicted octanol–water partition coefficient (Wildman–Crippen LogP) is 15.8. The van der Waals surface area contributed by atoms with Crippen LogP contribution in [-0.2, 0) is 0 Å². The molecule has 0 aliphatic heterocycles. The second kappa shape index (κ2) is 33.1. The summed E-state index contributed by atoms with van der Waals surface area (Å²) in [6.07, 6.45) is 37.2. The summed E-state index contributed by atoms with van der Waals surface area (Å²) in [6.45, 7) is 5.89. The van der Waals surface area contributed by atoms with Crippen LogP contribution >= 0.6 is 0 Å². The number of unbranched alkanes of at least 4 members (excludes halogenated alkanes) is 26. The van der Waals surface area contributed by atoms with E-state index in [-0.39, 0.29) is 11.1 Å². The van der Waals surface area contributed by atoms with Gasteiger partial charge in [-0.3, -0.25) is 0 Å². The fourth-order valence-corrected chi connectivity index (χ4v) is 7.34. The Morgan fingerprint density at radius 3 is 0.845 bits per heavy atom. The summed E-state index contributed by atoms with van der Waals surface area (Å²) in [4.78, 5) is 26.3. The first-order valence-corrected chi connectivity index (χ1v) is 23.6. The molecule has 0 atom stereocenters. The Morgan fingerprint density at radius 2 is 0.569 bits per heavy atom. The molecule has 58 heavy (non-hydrogen) atoms. The third-order valence-electron chi connectivity index (χ3n) is 11.0. The smallest absolute Gasteiger partial charge is 0.344 e. The lowest BCUT2D eigenvalue weighted by Gasteiger charge is -2.11. The molecule has 3 aromatic rings. The Labute approximate surface area is 353 Å². The van der Waals surface area contributed by atoms with Crippen molar-refractivity contribution in [3.05, 3.63) is 83.9 Å². The van der Waals surface area contributed by atoms with Crippen LogP contribution in [0.15, 0.2) is 72.8 Å². The minimum Gasteiger partial charge on any atom is -0.494 e. The van der Waals surface area contributed by atoms with E-state index in [4.69, 9.17) is 18.9 Å². The Morgan fingerprint density at radius 1 is 0.328 bits per heavy atom. The van der Waals surface area contributed by atoms with Crippen molar-refractivity contribution in [1.82, 2.24) is 0 Å². The molecule has 0 radical (unpaired) electrons. The van der Waals surface area contributed by atoms with Crippen molar-refractivity contribution in [2.75, 3.05) is 13.2 Å². The largest absolute Gasteiger partial charge is 0.494 e. The average Bonchev–Trinajstić information content (AvgIpc) is 3.24. The second-order valence-corrected chi connectivity index (χ2v) is 16.2. The molecule has 0 bridgehead atoms. The summed E-state index contributed by atoms with van der Waals surface area (Å²) in [5.41, 5.74) is 0.275. The van der Waals surface area contributed by atoms with Crippen molar-refractivity contribution in [2.45, 2.75) is 194 Å². The van der Waals surface area contributed by atoms with Crippen LogP contribution in [0, 0.1) is 0 Å². The molecule has 0 amide bonds. The standard InChI is InChI=1S/C52H78O6/c1-3-5-7-9-11-13-15-17-19-21-23-25-27-31-43-55-45-35-39-47(40-36-45)57-51(53)49-33-29-30-34-50(49)52(54)58-48-41-37-46(38-42-48)56-44-32-28-26-24-22-20-18-16-14-12-10-8-6-4-2/h29-30,33-42H,3-28,31-32,43-44H2,1-2H3. The van der Waals surface area contributed by atoms with Gasteiger partial charge in [0, 0.05) is 0 Å². The Bertz CT molecular complexity index is 1340. The van der Waals surface area contributed by atoms with Gasteiger partial charge in [-0.25, -0.2) is 9.59 Å². The number of hydrogen-bond acceptors (Lipinski definition) is 6. The van der Waals surface area contributed by atoms with Crippen molar-refractivity contribution in [3.8, 4) is 23.0 Å². The van der Waals surface area contributed by atoms with Crippen molar-refractivity contribution >= 4 is 11.9 Å². The summed E-state index contributed by atoms with van der Waals surface area (Å²) in [5, 5.41) is 0. The van der Waals surface area contributed by atoms with E-state index in [9.17, 15) is 9.59 Å². The number of hydrogen-bond donors (Lipinski definition) is 0. The van der Waals surface area contributed by atoms with Crippen LogP contribution < -0.4 is 18.9 Å². The number of esters is 2. The molecule has 3 rings (SSSR count). The monoisotopic (exact) mass is 799 g/mol. The maximum atomic E-state index is 13.2. The molecular formula is C52H78O6. The molecule has 0 heterocycles. The normalized spacial score (nSPS) is 11.1. The molecule has 0 saturated carbocycles. The Hall–Kier alpha value is -3.80. The molecule has 3 aromatic carbocycles. The number of carbonyl (C=O) groups is 2. The van der Waals surface area contributed by atoms with Crippen molar-refractivity contribution in [2.24, 2.45) is 0 Å². The van der Waals surface area contributed by atoms with E-state index in [0.717, 1.165) is 24.3 Å². The van der Waals surface area contributed by atoms with Crippen molar-refractivity contribution < 1.29 is 28.5 Å². The maximum Gasteiger partial charge on any atom is 0.344 e. The summed E-state index contributed by atoms with van der Waals surface area (Å²) in [5.74, 6) is 0.976. The van der Waals surface area contributed by atoms with Gasteiger partial charge in [-0.1, -0.05) is 193 Å². The molecule has 0 saturated heterocycles. The van der Waals surface area contributed by atoms with Gasteiger partial charge in [0.05, 0.1) is 24.3 Å². The lowest BCUT2D eigenvalue weighted by Crippen LogP contribution is -2.17. The molecule has 0 fully saturated rings. The summed E-state index contributed by atoms with van der Waals surface area (Å²) in [6, 6.07) is 20.6. The van der Waals surface area contributed by atoms with Gasteiger partial charge in [0.1, 0.15) is 23.0 Å². The summed E-state index contributed by atoms with van der Waals surface area (Å²) < 4.78 is 23.1. The molecule has 0 spiro atoms. The van der Waals surface area contributed by atoms with E-state index in [2.05, 4.69) is 13.8 Å². The highest BCUT2D eigenvalue weighted by Crippen LogP contribution is 2.23. The fraction of sp³-hybridized carbons (Fsp3) is 0.615. The van der Waals surface area contributed by atoms with Crippen LogP contribution in [0.25, 0.3) is 0 Å². The third-order valence-corrected chi connectivity index (χ3v) is 11.0. The first kappa shape index (κ1) is 48.6. The van der Waals surface area contributed by atoms with Crippen LogP contribution in [0.2, 0.25) is 0 Å². The zero-order valence-corrected chi connectivity index (χ0v) is 36.6. The van der Waals surface area contributed by atoms with E-state index in [0.29, 0.717) is 24.7 Å². The van der Waals surface area contributed by atoms with Crippen molar-refractivity contribution in [1.29, 1.82) is 0 Å². The quantitative estimate of drug-likeness (QED) is 0.0331. The number of rotatable bonds is 36. The average molecular weight is 799 g/mol. The second-order valence-electron chi connectivity index (χ2n) is 16.2. The van der Waals surface area contributed by atoms with Crippen LogP contribution in [0.3, 0.4) is 0 Å². The zero-order chi connectivity index (χ0) is 41.1. The van der Waals surface area contributed by atoms with Crippen LogP contribution in [0.1, 0.15) is 214 Å². The lowest BCUT2D eigenvalue weighted by molar-refractivity contribution is 0.0692. The van der Waals surface area contributed by atoms with Gasteiger partial charge in [-0.2, -0.15) is 0 Å². The molecule has 0 aromatic heterocycles. The third kappa shape index (κ3) is 23.0. The fourth-order valence-electron chi connectivity index (χ4n) is 7.34. The topological polar surface area (TPSA) is 71.1 Å².